The Labute approximate surface area is 157 Å². The molecular formula is C19H23N3O3S. The van der Waals surface area contributed by atoms with Gasteiger partial charge in [-0.25, -0.2) is 4.98 Å². The van der Waals surface area contributed by atoms with Crippen LogP contribution in [0.3, 0.4) is 0 Å². The fourth-order valence-electron chi connectivity index (χ4n) is 2.90. The predicted molar refractivity (Wildman–Crippen MR) is 101 cm³/mol. The molecule has 7 heteroatoms. The van der Waals surface area contributed by atoms with Crippen LogP contribution >= 0.6 is 11.3 Å². The van der Waals surface area contributed by atoms with E-state index in [0.29, 0.717) is 31.9 Å². The molecule has 2 amide bonds. The minimum Gasteiger partial charge on any atom is -0.497 e. The minimum absolute atomic E-state index is 0.0113. The monoisotopic (exact) mass is 373 g/mol. The molecule has 0 atom stereocenters. The van der Waals surface area contributed by atoms with Crippen LogP contribution in [0.15, 0.2) is 29.6 Å². The van der Waals surface area contributed by atoms with Gasteiger partial charge >= 0.3 is 0 Å². The minimum atomic E-state index is -0.0716. The van der Waals surface area contributed by atoms with E-state index < -0.39 is 0 Å². The zero-order valence-electron chi connectivity index (χ0n) is 15.3. The van der Waals surface area contributed by atoms with Crippen molar-refractivity contribution in [2.75, 3.05) is 33.3 Å². The van der Waals surface area contributed by atoms with Gasteiger partial charge in [0.25, 0.3) is 5.91 Å². The van der Waals surface area contributed by atoms with Gasteiger partial charge in [0, 0.05) is 43.0 Å². The average Bonchev–Trinajstić information content (AvgIpc) is 3.17. The number of carbonyl (C=O) groups excluding carboxylic acids is 2. The van der Waals surface area contributed by atoms with Crippen LogP contribution in [-0.4, -0.2) is 59.9 Å². The maximum atomic E-state index is 12.7. The standard InChI is InChI=1S/C19H23N3O3S/c1-13(2)18(23)21-8-10-22(11-9-21)19(24)16-12-26-17(20-16)14-4-6-15(25-3)7-5-14/h4-7,12-13H,8-11H2,1-3H3. The van der Waals surface area contributed by atoms with Crippen molar-refractivity contribution in [3.63, 3.8) is 0 Å². The van der Waals surface area contributed by atoms with Crippen molar-refractivity contribution in [2.24, 2.45) is 5.92 Å². The van der Waals surface area contributed by atoms with Gasteiger partial charge in [-0.15, -0.1) is 11.3 Å². The SMILES string of the molecule is COc1ccc(-c2nc(C(=O)N3CCN(C(=O)C(C)C)CC3)cs2)cc1. The van der Waals surface area contributed by atoms with Crippen molar-refractivity contribution in [3.05, 3.63) is 35.3 Å². The topological polar surface area (TPSA) is 62.7 Å². The second kappa shape index (κ2) is 7.86. The molecule has 26 heavy (non-hydrogen) atoms. The highest BCUT2D eigenvalue weighted by Crippen LogP contribution is 2.26. The van der Waals surface area contributed by atoms with Gasteiger partial charge in [0.1, 0.15) is 16.5 Å². The number of rotatable bonds is 4. The fraction of sp³-hybridized carbons (Fsp3) is 0.421. The van der Waals surface area contributed by atoms with Gasteiger partial charge in [0.2, 0.25) is 5.91 Å². The summed E-state index contributed by atoms with van der Waals surface area (Å²) in [4.78, 5) is 32.9. The van der Waals surface area contributed by atoms with E-state index in [4.69, 9.17) is 4.74 Å². The maximum Gasteiger partial charge on any atom is 0.273 e. The smallest absolute Gasteiger partial charge is 0.273 e. The molecule has 0 bridgehead atoms. The van der Waals surface area contributed by atoms with Gasteiger partial charge in [-0.05, 0) is 24.3 Å². The summed E-state index contributed by atoms with van der Waals surface area (Å²) in [7, 11) is 1.63. The maximum absolute atomic E-state index is 12.7. The molecule has 3 rings (SSSR count). The van der Waals surface area contributed by atoms with E-state index in [1.807, 2.05) is 43.0 Å². The van der Waals surface area contributed by atoms with E-state index >= 15 is 0 Å². The molecule has 0 radical (unpaired) electrons. The van der Waals surface area contributed by atoms with Crippen LogP contribution < -0.4 is 4.74 Å². The number of aromatic nitrogens is 1. The first-order chi connectivity index (χ1) is 12.5. The molecule has 138 valence electrons. The summed E-state index contributed by atoms with van der Waals surface area (Å²) in [5, 5.41) is 2.61. The van der Waals surface area contributed by atoms with Crippen LogP contribution in [0.1, 0.15) is 24.3 Å². The number of amides is 2. The lowest BCUT2D eigenvalue weighted by Gasteiger charge is -2.35. The molecule has 0 spiro atoms. The summed E-state index contributed by atoms with van der Waals surface area (Å²) in [5.41, 5.74) is 1.42. The van der Waals surface area contributed by atoms with Crippen molar-refractivity contribution in [1.29, 1.82) is 0 Å². The Morgan fingerprint density at radius 3 is 2.27 bits per heavy atom. The fourth-order valence-corrected chi connectivity index (χ4v) is 3.70. The molecule has 2 heterocycles. The van der Waals surface area contributed by atoms with E-state index in [-0.39, 0.29) is 17.7 Å². The molecule has 1 aromatic heterocycles. The molecule has 1 aliphatic heterocycles. The molecule has 2 aromatic rings. The van der Waals surface area contributed by atoms with E-state index in [1.165, 1.54) is 11.3 Å². The van der Waals surface area contributed by atoms with Crippen LogP contribution in [0.2, 0.25) is 0 Å². The molecule has 1 fully saturated rings. The van der Waals surface area contributed by atoms with Gasteiger partial charge in [-0.3, -0.25) is 9.59 Å². The van der Waals surface area contributed by atoms with Crippen molar-refractivity contribution < 1.29 is 14.3 Å². The molecule has 1 aromatic carbocycles. The second-order valence-corrected chi connectivity index (χ2v) is 7.40. The van der Waals surface area contributed by atoms with Crippen LogP contribution in [0.25, 0.3) is 10.6 Å². The van der Waals surface area contributed by atoms with Crippen molar-refractivity contribution in [1.82, 2.24) is 14.8 Å². The van der Waals surface area contributed by atoms with Gasteiger partial charge in [-0.1, -0.05) is 13.8 Å². The lowest BCUT2D eigenvalue weighted by molar-refractivity contribution is -0.135. The van der Waals surface area contributed by atoms with Crippen molar-refractivity contribution in [2.45, 2.75) is 13.8 Å². The molecule has 6 nitrogen and oxygen atoms in total. The highest BCUT2D eigenvalue weighted by atomic mass is 32.1. The van der Waals surface area contributed by atoms with E-state index in [0.717, 1.165) is 16.3 Å². The first kappa shape index (κ1) is 18.4. The summed E-state index contributed by atoms with van der Waals surface area (Å²) in [6, 6.07) is 7.62. The zero-order valence-corrected chi connectivity index (χ0v) is 16.1. The predicted octanol–water partition coefficient (Wildman–Crippen LogP) is 2.76. The number of hydrogen-bond acceptors (Lipinski definition) is 5. The number of benzene rings is 1. The molecular weight excluding hydrogens is 350 g/mol. The lowest BCUT2D eigenvalue weighted by Crippen LogP contribution is -2.51. The number of piperazine rings is 1. The first-order valence-corrected chi connectivity index (χ1v) is 9.55. The average molecular weight is 373 g/mol. The van der Waals surface area contributed by atoms with E-state index in [2.05, 4.69) is 4.98 Å². The lowest BCUT2D eigenvalue weighted by atomic mass is 10.1. The Kier molecular flexibility index (Phi) is 5.56. The van der Waals surface area contributed by atoms with Crippen LogP contribution in [-0.2, 0) is 4.79 Å². The summed E-state index contributed by atoms with van der Waals surface area (Å²) in [5.74, 6) is 0.850. The molecule has 0 saturated carbocycles. The van der Waals surface area contributed by atoms with Gasteiger partial charge < -0.3 is 14.5 Å². The molecule has 1 saturated heterocycles. The summed E-state index contributed by atoms with van der Waals surface area (Å²) >= 11 is 1.45. The Hall–Kier alpha value is -2.41. The van der Waals surface area contributed by atoms with E-state index in [1.54, 1.807) is 17.4 Å². The third kappa shape index (κ3) is 3.88. The Bertz CT molecular complexity index is 778. The molecule has 1 aliphatic rings. The summed E-state index contributed by atoms with van der Waals surface area (Å²) < 4.78 is 5.16. The zero-order chi connectivity index (χ0) is 18.7. The van der Waals surface area contributed by atoms with E-state index in [9.17, 15) is 9.59 Å². The number of nitrogens with zero attached hydrogens (tertiary/aromatic N) is 3. The van der Waals surface area contributed by atoms with Crippen molar-refractivity contribution >= 4 is 23.2 Å². The first-order valence-electron chi connectivity index (χ1n) is 8.67. The van der Waals surface area contributed by atoms with Gasteiger partial charge in [-0.2, -0.15) is 0 Å². The Balaban J connectivity index is 1.64. The normalized spacial score (nSPS) is 14.6. The van der Waals surface area contributed by atoms with Crippen LogP contribution in [0.5, 0.6) is 5.75 Å². The molecule has 0 N–H and O–H groups in total. The number of thiazole rings is 1. The number of carbonyl (C=O) groups is 2. The van der Waals surface area contributed by atoms with Crippen LogP contribution in [0, 0.1) is 5.92 Å². The summed E-state index contributed by atoms with van der Waals surface area (Å²) in [6.07, 6.45) is 0. The largest absolute Gasteiger partial charge is 0.497 e. The van der Waals surface area contributed by atoms with Gasteiger partial charge in [0.05, 0.1) is 7.11 Å². The quantitative estimate of drug-likeness (QED) is 0.827. The number of ether oxygens (including phenoxy) is 1. The highest BCUT2D eigenvalue weighted by Gasteiger charge is 2.27. The molecule has 0 unspecified atom stereocenters. The Morgan fingerprint density at radius 1 is 1.08 bits per heavy atom. The van der Waals surface area contributed by atoms with Crippen LogP contribution in [0.4, 0.5) is 0 Å². The number of hydrogen-bond donors (Lipinski definition) is 0. The van der Waals surface area contributed by atoms with Gasteiger partial charge in [0.15, 0.2) is 0 Å². The Morgan fingerprint density at radius 2 is 1.69 bits per heavy atom. The number of methoxy groups -OCH3 is 1. The van der Waals surface area contributed by atoms with Crippen molar-refractivity contribution in [3.8, 4) is 16.3 Å². The molecule has 0 aliphatic carbocycles. The highest BCUT2D eigenvalue weighted by molar-refractivity contribution is 7.13. The third-order valence-corrected chi connectivity index (χ3v) is 5.32. The second-order valence-electron chi connectivity index (χ2n) is 6.54. The summed E-state index contributed by atoms with van der Waals surface area (Å²) in [6.45, 7) is 6.06. The third-order valence-electron chi connectivity index (χ3n) is 4.43.